The summed E-state index contributed by atoms with van der Waals surface area (Å²) in [6, 6.07) is 1.90. The number of methoxy groups -OCH3 is 2. The molecule has 1 rings (SSSR count). The van der Waals surface area contributed by atoms with Crippen molar-refractivity contribution >= 4 is 11.6 Å². The molecule has 1 unspecified atom stereocenters. The van der Waals surface area contributed by atoms with Gasteiger partial charge in [0, 0.05) is 33.4 Å². The van der Waals surface area contributed by atoms with Crippen molar-refractivity contribution in [2.45, 2.75) is 20.5 Å². The molecule has 6 nitrogen and oxygen atoms in total. The SMILES string of the molecule is CCNc1cc(NCC(C)COC)nc(COC)n1. The second-order valence-electron chi connectivity index (χ2n) is 4.46. The Balaban J connectivity index is 2.69. The lowest BCUT2D eigenvalue weighted by molar-refractivity contribution is 0.164. The van der Waals surface area contributed by atoms with Gasteiger partial charge in [-0.25, -0.2) is 9.97 Å². The van der Waals surface area contributed by atoms with Gasteiger partial charge in [-0.1, -0.05) is 6.92 Å². The molecule has 0 aliphatic heterocycles. The highest BCUT2D eigenvalue weighted by Crippen LogP contribution is 2.12. The van der Waals surface area contributed by atoms with Crippen LogP contribution in [0.5, 0.6) is 0 Å². The number of nitrogens with zero attached hydrogens (tertiary/aromatic N) is 2. The minimum absolute atomic E-state index is 0.404. The Bertz CT molecular complexity index is 349. The summed E-state index contributed by atoms with van der Waals surface area (Å²) in [5.41, 5.74) is 0. The van der Waals surface area contributed by atoms with Crippen LogP contribution in [0.15, 0.2) is 6.07 Å². The van der Waals surface area contributed by atoms with Gasteiger partial charge in [0.2, 0.25) is 0 Å². The molecular weight excluding hydrogens is 244 g/mol. The van der Waals surface area contributed by atoms with Gasteiger partial charge in [-0.2, -0.15) is 0 Å². The zero-order valence-electron chi connectivity index (χ0n) is 12.2. The average Bonchev–Trinajstić information content (AvgIpc) is 2.37. The molecule has 19 heavy (non-hydrogen) atoms. The average molecular weight is 268 g/mol. The smallest absolute Gasteiger partial charge is 0.158 e. The Morgan fingerprint density at radius 1 is 1.16 bits per heavy atom. The van der Waals surface area contributed by atoms with E-state index in [1.807, 2.05) is 13.0 Å². The fourth-order valence-corrected chi connectivity index (χ4v) is 1.68. The van der Waals surface area contributed by atoms with E-state index in [0.717, 1.165) is 31.3 Å². The lowest BCUT2D eigenvalue weighted by Gasteiger charge is -2.13. The third-order valence-electron chi connectivity index (χ3n) is 2.49. The van der Waals surface area contributed by atoms with Gasteiger partial charge in [-0.05, 0) is 12.8 Å². The molecule has 0 radical (unpaired) electrons. The molecule has 0 saturated heterocycles. The Morgan fingerprint density at radius 2 is 1.84 bits per heavy atom. The van der Waals surface area contributed by atoms with E-state index in [-0.39, 0.29) is 0 Å². The van der Waals surface area contributed by atoms with Gasteiger partial charge in [0.1, 0.15) is 18.2 Å². The molecule has 0 saturated carbocycles. The molecule has 0 amide bonds. The molecule has 1 aromatic heterocycles. The molecule has 0 fully saturated rings. The molecule has 1 aromatic rings. The monoisotopic (exact) mass is 268 g/mol. The molecule has 0 spiro atoms. The van der Waals surface area contributed by atoms with Crippen LogP contribution in [-0.4, -0.2) is 43.9 Å². The topological polar surface area (TPSA) is 68.3 Å². The summed E-state index contributed by atoms with van der Waals surface area (Å²) in [7, 11) is 3.35. The molecule has 2 N–H and O–H groups in total. The standard InChI is InChI=1S/C13H24N4O2/c1-5-14-11-6-12(15-7-10(2)8-18-3)17-13(16-11)9-19-4/h6,10H,5,7-9H2,1-4H3,(H2,14,15,16,17). The Labute approximate surface area is 114 Å². The predicted molar refractivity (Wildman–Crippen MR) is 76.4 cm³/mol. The highest BCUT2D eigenvalue weighted by Gasteiger charge is 2.06. The van der Waals surface area contributed by atoms with Gasteiger partial charge in [0.05, 0.1) is 6.61 Å². The van der Waals surface area contributed by atoms with E-state index in [2.05, 4.69) is 27.5 Å². The largest absolute Gasteiger partial charge is 0.384 e. The molecular formula is C13H24N4O2. The van der Waals surface area contributed by atoms with E-state index in [4.69, 9.17) is 9.47 Å². The molecule has 0 aliphatic rings. The van der Waals surface area contributed by atoms with Crippen LogP contribution in [0.1, 0.15) is 19.7 Å². The highest BCUT2D eigenvalue weighted by atomic mass is 16.5. The van der Waals surface area contributed by atoms with E-state index >= 15 is 0 Å². The third kappa shape index (κ3) is 5.85. The van der Waals surface area contributed by atoms with E-state index in [1.165, 1.54) is 0 Å². The molecule has 6 heteroatoms. The molecule has 1 heterocycles. The number of rotatable bonds is 9. The molecule has 0 bridgehead atoms. The van der Waals surface area contributed by atoms with Crippen LogP contribution in [0.2, 0.25) is 0 Å². The summed E-state index contributed by atoms with van der Waals surface area (Å²) >= 11 is 0. The van der Waals surface area contributed by atoms with E-state index in [1.54, 1.807) is 14.2 Å². The second kappa shape index (κ2) is 8.66. The van der Waals surface area contributed by atoms with Crippen LogP contribution in [0.4, 0.5) is 11.6 Å². The van der Waals surface area contributed by atoms with Crippen LogP contribution >= 0.6 is 0 Å². The van der Waals surface area contributed by atoms with Crippen molar-refractivity contribution in [3.05, 3.63) is 11.9 Å². The number of ether oxygens (including phenoxy) is 2. The van der Waals surface area contributed by atoms with Crippen LogP contribution < -0.4 is 10.6 Å². The first-order chi connectivity index (χ1) is 9.19. The zero-order chi connectivity index (χ0) is 14.1. The zero-order valence-corrected chi connectivity index (χ0v) is 12.2. The number of hydrogen-bond acceptors (Lipinski definition) is 6. The maximum Gasteiger partial charge on any atom is 0.158 e. The minimum atomic E-state index is 0.404. The lowest BCUT2D eigenvalue weighted by atomic mass is 10.2. The summed E-state index contributed by atoms with van der Waals surface area (Å²) in [6.45, 7) is 6.92. The van der Waals surface area contributed by atoms with Crippen LogP contribution in [0.3, 0.4) is 0 Å². The van der Waals surface area contributed by atoms with E-state index < -0.39 is 0 Å². The van der Waals surface area contributed by atoms with Crippen molar-refractivity contribution < 1.29 is 9.47 Å². The fourth-order valence-electron chi connectivity index (χ4n) is 1.68. The van der Waals surface area contributed by atoms with Gasteiger partial charge >= 0.3 is 0 Å². The van der Waals surface area contributed by atoms with E-state index in [0.29, 0.717) is 18.3 Å². The Morgan fingerprint density at radius 3 is 2.42 bits per heavy atom. The first-order valence-corrected chi connectivity index (χ1v) is 6.53. The van der Waals surface area contributed by atoms with Crippen molar-refractivity contribution in [3.8, 4) is 0 Å². The lowest BCUT2D eigenvalue weighted by Crippen LogP contribution is -2.17. The summed E-state index contributed by atoms with van der Waals surface area (Å²) in [4.78, 5) is 8.77. The maximum atomic E-state index is 5.11. The number of nitrogens with one attached hydrogen (secondary N) is 2. The molecule has 1 atom stereocenters. The van der Waals surface area contributed by atoms with Gasteiger partial charge in [-0.15, -0.1) is 0 Å². The predicted octanol–water partition coefficient (Wildman–Crippen LogP) is 1.75. The minimum Gasteiger partial charge on any atom is -0.384 e. The number of anilines is 2. The molecule has 108 valence electrons. The van der Waals surface area contributed by atoms with Gasteiger partial charge in [-0.3, -0.25) is 0 Å². The van der Waals surface area contributed by atoms with Crippen molar-refractivity contribution in [3.63, 3.8) is 0 Å². The van der Waals surface area contributed by atoms with Gasteiger partial charge in [0.15, 0.2) is 5.82 Å². The second-order valence-corrected chi connectivity index (χ2v) is 4.46. The van der Waals surface area contributed by atoms with Crippen LogP contribution in [0.25, 0.3) is 0 Å². The van der Waals surface area contributed by atoms with Crippen LogP contribution in [0, 0.1) is 5.92 Å². The maximum absolute atomic E-state index is 5.11. The Hall–Kier alpha value is -1.40. The number of hydrogen-bond donors (Lipinski definition) is 2. The summed E-state index contributed by atoms with van der Waals surface area (Å²) in [5.74, 6) is 2.71. The first-order valence-electron chi connectivity index (χ1n) is 6.53. The normalized spacial score (nSPS) is 12.2. The summed E-state index contributed by atoms with van der Waals surface area (Å²) < 4.78 is 10.2. The fraction of sp³-hybridized carbons (Fsp3) is 0.692. The van der Waals surface area contributed by atoms with Crippen molar-refractivity contribution in [2.24, 2.45) is 5.92 Å². The van der Waals surface area contributed by atoms with E-state index in [9.17, 15) is 0 Å². The Kier molecular flexibility index (Phi) is 7.14. The van der Waals surface area contributed by atoms with Gasteiger partial charge < -0.3 is 20.1 Å². The first kappa shape index (κ1) is 15.7. The third-order valence-corrected chi connectivity index (χ3v) is 2.49. The van der Waals surface area contributed by atoms with Crippen molar-refractivity contribution in [2.75, 3.05) is 44.5 Å². The van der Waals surface area contributed by atoms with Crippen molar-refractivity contribution in [1.29, 1.82) is 0 Å². The van der Waals surface area contributed by atoms with Gasteiger partial charge in [0.25, 0.3) is 0 Å². The number of aromatic nitrogens is 2. The van der Waals surface area contributed by atoms with Crippen LogP contribution in [-0.2, 0) is 16.1 Å². The van der Waals surface area contributed by atoms with Crippen molar-refractivity contribution in [1.82, 2.24) is 9.97 Å². The molecule has 0 aromatic carbocycles. The molecule has 0 aliphatic carbocycles. The summed E-state index contributed by atoms with van der Waals surface area (Å²) in [5, 5.41) is 6.49. The highest BCUT2D eigenvalue weighted by molar-refractivity contribution is 5.47. The summed E-state index contributed by atoms with van der Waals surface area (Å²) in [6.07, 6.45) is 0. The quantitative estimate of drug-likeness (QED) is 0.711.